The van der Waals surface area contributed by atoms with E-state index in [4.69, 9.17) is 4.74 Å². The Morgan fingerprint density at radius 3 is 2.62 bits per heavy atom. The van der Waals surface area contributed by atoms with E-state index in [1.165, 1.54) is 7.11 Å². The Bertz CT molecular complexity index is 538. The number of aryl methyl sites for hydroxylation is 1. The fraction of sp³-hybridized carbons (Fsp3) is 0.500. The second kappa shape index (κ2) is 7.24. The molecule has 0 aromatic heterocycles. The Labute approximate surface area is 139 Å². The SMILES string of the molecule is COC(=O)CN(C(=O)c1cccc(C)c1I)C1CCCC1. The monoisotopic (exact) mass is 401 g/mol. The van der Waals surface area contributed by atoms with E-state index in [0.717, 1.165) is 34.8 Å². The molecule has 4 nitrogen and oxygen atoms in total. The number of halogens is 1. The fourth-order valence-electron chi connectivity index (χ4n) is 2.75. The summed E-state index contributed by atoms with van der Waals surface area (Å²) in [5.74, 6) is -0.432. The van der Waals surface area contributed by atoms with Crippen LogP contribution in [0.25, 0.3) is 0 Å². The van der Waals surface area contributed by atoms with Crippen molar-refractivity contribution in [3.05, 3.63) is 32.9 Å². The van der Waals surface area contributed by atoms with Gasteiger partial charge in [0.2, 0.25) is 0 Å². The van der Waals surface area contributed by atoms with E-state index in [0.29, 0.717) is 5.56 Å². The Balaban J connectivity index is 2.28. The van der Waals surface area contributed by atoms with Gasteiger partial charge in [0, 0.05) is 9.61 Å². The van der Waals surface area contributed by atoms with Gasteiger partial charge >= 0.3 is 5.97 Å². The summed E-state index contributed by atoms with van der Waals surface area (Å²) in [5.41, 5.74) is 1.75. The number of esters is 1. The first-order valence-corrected chi connectivity index (χ1v) is 8.25. The van der Waals surface area contributed by atoms with Crippen LogP contribution in [-0.2, 0) is 9.53 Å². The molecule has 0 aliphatic heterocycles. The first kappa shape index (κ1) is 16.3. The molecule has 0 atom stereocenters. The predicted molar refractivity (Wildman–Crippen MR) is 89.2 cm³/mol. The number of benzene rings is 1. The lowest BCUT2D eigenvalue weighted by Crippen LogP contribution is -2.43. The zero-order chi connectivity index (χ0) is 15.4. The van der Waals surface area contributed by atoms with Crippen LogP contribution < -0.4 is 0 Å². The van der Waals surface area contributed by atoms with Crippen molar-refractivity contribution in [3.63, 3.8) is 0 Å². The minimum atomic E-state index is -0.363. The van der Waals surface area contributed by atoms with Crippen LogP contribution >= 0.6 is 22.6 Å². The van der Waals surface area contributed by atoms with Crippen LogP contribution in [0.4, 0.5) is 0 Å². The molecule has 1 saturated carbocycles. The van der Waals surface area contributed by atoms with Gasteiger partial charge in [0.05, 0.1) is 12.7 Å². The van der Waals surface area contributed by atoms with E-state index in [9.17, 15) is 9.59 Å². The molecule has 0 spiro atoms. The highest BCUT2D eigenvalue weighted by atomic mass is 127. The number of methoxy groups -OCH3 is 1. The van der Waals surface area contributed by atoms with Crippen molar-refractivity contribution in [2.24, 2.45) is 0 Å². The van der Waals surface area contributed by atoms with Crippen molar-refractivity contribution in [3.8, 4) is 0 Å². The average molecular weight is 401 g/mol. The van der Waals surface area contributed by atoms with Gasteiger partial charge in [0.15, 0.2) is 0 Å². The molecule has 21 heavy (non-hydrogen) atoms. The number of ether oxygens (including phenoxy) is 1. The third kappa shape index (κ3) is 3.75. The van der Waals surface area contributed by atoms with Crippen LogP contribution in [0.2, 0.25) is 0 Å². The molecule has 0 radical (unpaired) electrons. The second-order valence-corrected chi connectivity index (χ2v) is 6.46. The summed E-state index contributed by atoms with van der Waals surface area (Å²) in [7, 11) is 1.36. The number of hydrogen-bond acceptors (Lipinski definition) is 3. The summed E-state index contributed by atoms with van der Waals surface area (Å²) >= 11 is 2.20. The van der Waals surface area contributed by atoms with Crippen molar-refractivity contribution in [2.45, 2.75) is 38.6 Å². The Kier molecular flexibility index (Phi) is 5.61. The summed E-state index contributed by atoms with van der Waals surface area (Å²) in [6.45, 7) is 2.02. The second-order valence-electron chi connectivity index (χ2n) is 5.38. The summed E-state index contributed by atoms with van der Waals surface area (Å²) in [5, 5.41) is 0. The Hall–Kier alpha value is -1.11. The number of rotatable bonds is 4. The number of carbonyl (C=O) groups is 2. The van der Waals surface area contributed by atoms with E-state index < -0.39 is 0 Å². The van der Waals surface area contributed by atoms with Gasteiger partial charge in [0.25, 0.3) is 5.91 Å². The van der Waals surface area contributed by atoms with Crippen LogP contribution in [0, 0.1) is 10.5 Å². The number of hydrogen-bond donors (Lipinski definition) is 0. The number of nitrogens with zero attached hydrogens (tertiary/aromatic N) is 1. The molecule has 114 valence electrons. The molecule has 1 aromatic rings. The van der Waals surface area contributed by atoms with Gasteiger partial charge in [-0.25, -0.2) is 0 Å². The quantitative estimate of drug-likeness (QED) is 0.575. The third-order valence-electron chi connectivity index (χ3n) is 3.98. The normalized spacial score (nSPS) is 15.0. The zero-order valence-electron chi connectivity index (χ0n) is 12.4. The lowest BCUT2D eigenvalue weighted by atomic mass is 10.1. The first-order chi connectivity index (χ1) is 10.0. The topological polar surface area (TPSA) is 46.6 Å². The van der Waals surface area contributed by atoms with E-state index in [2.05, 4.69) is 22.6 Å². The van der Waals surface area contributed by atoms with Gasteiger partial charge < -0.3 is 9.64 Å². The molecule has 5 heteroatoms. The largest absolute Gasteiger partial charge is 0.468 e. The highest BCUT2D eigenvalue weighted by Crippen LogP contribution is 2.26. The molecule has 0 bridgehead atoms. The maximum absolute atomic E-state index is 12.9. The molecule has 0 unspecified atom stereocenters. The lowest BCUT2D eigenvalue weighted by molar-refractivity contribution is -0.141. The van der Waals surface area contributed by atoms with E-state index in [1.807, 2.05) is 25.1 Å². The maximum atomic E-state index is 12.9. The van der Waals surface area contributed by atoms with Crippen molar-refractivity contribution < 1.29 is 14.3 Å². The molecule has 1 fully saturated rings. The van der Waals surface area contributed by atoms with E-state index in [1.54, 1.807) is 4.90 Å². The number of amides is 1. The molecule has 2 rings (SSSR count). The van der Waals surface area contributed by atoms with Crippen molar-refractivity contribution in [2.75, 3.05) is 13.7 Å². The lowest BCUT2D eigenvalue weighted by Gasteiger charge is -2.28. The molecular weight excluding hydrogens is 381 g/mol. The Morgan fingerprint density at radius 1 is 1.33 bits per heavy atom. The van der Waals surface area contributed by atoms with Crippen LogP contribution in [0.3, 0.4) is 0 Å². The molecule has 0 N–H and O–H groups in total. The first-order valence-electron chi connectivity index (χ1n) is 7.17. The molecule has 0 saturated heterocycles. The summed E-state index contributed by atoms with van der Waals surface area (Å²) in [6.07, 6.45) is 4.15. The summed E-state index contributed by atoms with van der Waals surface area (Å²) < 4.78 is 5.70. The van der Waals surface area contributed by atoms with Crippen molar-refractivity contribution >= 4 is 34.5 Å². The van der Waals surface area contributed by atoms with Gasteiger partial charge in [-0.05, 0) is 54.0 Å². The summed E-state index contributed by atoms with van der Waals surface area (Å²) in [4.78, 5) is 26.2. The molecule has 1 amide bonds. The minimum absolute atomic E-state index is 0.0318. The molecule has 1 aliphatic rings. The standard InChI is InChI=1S/C16H20INO3/c1-11-6-5-9-13(15(11)17)16(20)18(10-14(19)21-2)12-7-3-4-8-12/h5-6,9,12H,3-4,7-8,10H2,1-2H3. The van der Waals surface area contributed by atoms with Crippen LogP contribution in [0.5, 0.6) is 0 Å². The Morgan fingerprint density at radius 2 is 2.00 bits per heavy atom. The highest BCUT2D eigenvalue weighted by molar-refractivity contribution is 14.1. The van der Waals surface area contributed by atoms with Crippen LogP contribution in [-0.4, -0.2) is 36.5 Å². The van der Waals surface area contributed by atoms with Crippen LogP contribution in [0.1, 0.15) is 41.6 Å². The third-order valence-corrected chi connectivity index (χ3v) is 5.41. The molecular formula is C16H20INO3. The van der Waals surface area contributed by atoms with Crippen molar-refractivity contribution in [1.82, 2.24) is 4.90 Å². The van der Waals surface area contributed by atoms with Crippen LogP contribution in [0.15, 0.2) is 18.2 Å². The zero-order valence-corrected chi connectivity index (χ0v) is 14.6. The van der Waals surface area contributed by atoms with Gasteiger partial charge in [-0.1, -0.05) is 25.0 Å². The molecule has 1 aliphatic carbocycles. The molecule has 1 aromatic carbocycles. The molecule has 0 heterocycles. The average Bonchev–Trinajstić information content (AvgIpc) is 3.00. The highest BCUT2D eigenvalue weighted by Gasteiger charge is 2.30. The smallest absolute Gasteiger partial charge is 0.325 e. The fourth-order valence-corrected chi connectivity index (χ4v) is 3.34. The van der Waals surface area contributed by atoms with Gasteiger partial charge in [0.1, 0.15) is 6.54 Å². The van der Waals surface area contributed by atoms with E-state index >= 15 is 0 Å². The van der Waals surface area contributed by atoms with E-state index in [-0.39, 0.29) is 24.5 Å². The summed E-state index contributed by atoms with van der Waals surface area (Å²) in [6, 6.07) is 5.85. The van der Waals surface area contributed by atoms with Gasteiger partial charge in [-0.2, -0.15) is 0 Å². The number of carbonyl (C=O) groups excluding carboxylic acids is 2. The van der Waals surface area contributed by atoms with Gasteiger partial charge in [-0.15, -0.1) is 0 Å². The minimum Gasteiger partial charge on any atom is -0.468 e. The van der Waals surface area contributed by atoms with Gasteiger partial charge in [-0.3, -0.25) is 9.59 Å². The predicted octanol–water partition coefficient (Wildman–Crippen LogP) is 3.16. The maximum Gasteiger partial charge on any atom is 0.325 e. The van der Waals surface area contributed by atoms with Crippen molar-refractivity contribution in [1.29, 1.82) is 0 Å².